The van der Waals surface area contributed by atoms with Crippen molar-refractivity contribution in [3.63, 3.8) is 0 Å². The summed E-state index contributed by atoms with van der Waals surface area (Å²) in [5.41, 5.74) is 4.45. The lowest BCUT2D eigenvalue weighted by molar-refractivity contribution is 0.302. The number of benzene rings is 2. The molecular formula is C31H39FN2. The van der Waals surface area contributed by atoms with Gasteiger partial charge in [-0.1, -0.05) is 82.6 Å². The Morgan fingerprint density at radius 1 is 0.676 bits per heavy atom. The van der Waals surface area contributed by atoms with E-state index in [1.165, 1.54) is 94.7 Å². The molecule has 0 bridgehead atoms. The molecule has 0 spiro atoms. The molecule has 1 aliphatic carbocycles. The van der Waals surface area contributed by atoms with Crippen LogP contribution in [-0.2, 0) is 0 Å². The SMILES string of the molecule is CCCCCCCCCC1CCC(c2ccc(-c3cnc(-c4ccc(F)cc4)nc3)cc2)CC1. The van der Waals surface area contributed by atoms with Gasteiger partial charge >= 0.3 is 0 Å². The molecule has 0 atom stereocenters. The Balaban J connectivity index is 1.23. The van der Waals surface area contributed by atoms with E-state index in [1.54, 1.807) is 12.1 Å². The van der Waals surface area contributed by atoms with Gasteiger partial charge in [0.1, 0.15) is 5.82 Å². The second-order valence-electron chi connectivity index (χ2n) is 10.1. The van der Waals surface area contributed by atoms with Crippen LogP contribution in [0.5, 0.6) is 0 Å². The Kier molecular flexibility index (Phi) is 9.24. The Labute approximate surface area is 205 Å². The molecule has 1 aromatic heterocycles. The zero-order valence-corrected chi connectivity index (χ0v) is 20.7. The van der Waals surface area contributed by atoms with E-state index in [1.807, 2.05) is 12.4 Å². The highest BCUT2D eigenvalue weighted by molar-refractivity contribution is 5.64. The fourth-order valence-corrected chi connectivity index (χ4v) is 5.35. The monoisotopic (exact) mass is 458 g/mol. The first kappa shape index (κ1) is 24.6. The van der Waals surface area contributed by atoms with Crippen molar-refractivity contribution in [3.8, 4) is 22.5 Å². The zero-order chi connectivity index (χ0) is 23.6. The van der Waals surface area contributed by atoms with Crippen LogP contribution in [0, 0.1) is 11.7 Å². The van der Waals surface area contributed by atoms with Crippen LogP contribution < -0.4 is 0 Å². The first-order valence-corrected chi connectivity index (χ1v) is 13.4. The van der Waals surface area contributed by atoms with Gasteiger partial charge in [-0.3, -0.25) is 0 Å². The fraction of sp³-hybridized carbons (Fsp3) is 0.484. The molecule has 3 aromatic rings. The summed E-state index contributed by atoms with van der Waals surface area (Å²) < 4.78 is 13.1. The van der Waals surface area contributed by atoms with Crippen molar-refractivity contribution in [1.29, 1.82) is 0 Å². The van der Waals surface area contributed by atoms with Crippen LogP contribution in [0.15, 0.2) is 60.9 Å². The lowest BCUT2D eigenvalue weighted by Crippen LogP contribution is -2.13. The van der Waals surface area contributed by atoms with Gasteiger partial charge in [-0.2, -0.15) is 0 Å². The van der Waals surface area contributed by atoms with Gasteiger partial charge in [-0.25, -0.2) is 14.4 Å². The third-order valence-corrected chi connectivity index (χ3v) is 7.53. The molecule has 3 heteroatoms. The minimum atomic E-state index is -0.248. The molecule has 0 N–H and O–H groups in total. The first-order chi connectivity index (χ1) is 16.7. The van der Waals surface area contributed by atoms with Crippen LogP contribution in [0.4, 0.5) is 4.39 Å². The Morgan fingerprint density at radius 2 is 1.26 bits per heavy atom. The van der Waals surface area contributed by atoms with Gasteiger partial charge in [-0.05, 0) is 72.9 Å². The standard InChI is InChI=1S/C31H39FN2/c1-2-3-4-5-6-7-8-9-24-10-12-25(13-11-24)26-14-16-27(17-15-26)29-22-33-31(34-23-29)28-18-20-30(32)21-19-28/h14-25H,2-13H2,1H3. The molecule has 4 rings (SSSR count). The van der Waals surface area contributed by atoms with E-state index >= 15 is 0 Å². The summed E-state index contributed by atoms with van der Waals surface area (Å²) in [5.74, 6) is 2.02. The number of unbranched alkanes of at least 4 members (excludes halogenated alkanes) is 6. The largest absolute Gasteiger partial charge is 0.236 e. The number of rotatable bonds is 11. The smallest absolute Gasteiger partial charge is 0.159 e. The van der Waals surface area contributed by atoms with E-state index in [-0.39, 0.29) is 5.82 Å². The molecule has 0 amide bonds. The predicted octanol–water partition coefficient (Wildman–Crippen LogP) is 9.36. The molecular weight excluding hydrogens is 419 g/mol. The summed E-state index contributed by atoms with van der Waals surface area (Å²) in [7, 11) is 0. The van der Waals surface area contributed by atoms with Crippen molar-refractivity contribution in [3.05, 3.63) is 72.3 Å². The number of aromatic nitrogens is 2. The zero-order valence-electron chi connectivity index (χ0n) is 20.7. The maximum Gasteiger partial charge on any atom is 0.159 e. The summed E-state index contributed by atoms with van der Waals surface area (Å²) in [5, 5.41) is 0. The highest BCUT2D eigenvalue weighted by atomic mass is 19.1. The summed E-state index contributed by atoms with van der Waals surface area (Å²) in [6.07, 6.45) is 20.5. The van der Waals surface area contributed by atoms with Crippen molar-refractivity contribution in [2.75, 3.05) is 0 Å². The summed E-state index contributed by atoms with van der Waals surface area (Å²) in [6.45, 7) is 2.29. The van der Waals surface area contributed by atoms with Gasteiger partial charge in [-0.15, -0.1) is 0 Å². The molecule has 1 fully saturated rings. The van der Waals surface area contributed by atoms with E-state index in [4.69, 9.17) is 0 Å². The van der Waals surface area contributed by atoms with Crippen LogP contribution in [0.25, 0.3) is 22.5 Å². The van der Waals surface area contributed by atoms with Gasteiger partial charge in [0, 0.05) is 23.5 Å². The van der Waals surface area contributed by atoms with Crippen LogP contribution in [0.2, 0.25) is 0 Å². The average Bonchev–Trinajstić information content (AvgIpc) is 2.89. The van der Waals surface area contributed by atoms with Crippen molar-refractivity contribution in [2.45, 2.75) is 89.9 Å². The summed E-state index contributed by atoms with van der Waals surface area (Å²) in [4.78, 5) is 8.98. The maximum atomic E-state index is 13.1. The van der Waals surface area contributed by atoms with Crippen molar-refractivity contribution in [2.24, 2.45) is 5.92 Å². The Morgan fingerprint density at radius 3 is 1.91 bits per heavy atom. The molecule has 1 aliphatic rings. The maximum absolute atomic E-state index is 13.1. The predicted molar refractivity (Wildman–Crippen MR) is 140 cm³/mol. The molecule has 1 heterocycles. The highest BCUT2D eigenvalue weighted by Crippen LogP contribution is 2.38. The van der Waals surface area contributed by atoms with Crippen molar-refractivity contribution < 1.29 is 4.39 Å². The van der Waals surface area contributed by atoms with Gasteiger partial charge in [0.25, 0.3) is 0 Å². The number of hydrogen-bond acceptors (Lipinski definition) is 2. The molecule has 1 saturated carbocycles. The summed E-state index contributed by atoms with van der Waals surface area (Å²) in [6, 6.07) is 15.3. The molecule has 2 nitrogen and oxygen atoms in total. The molecule has 0 unspecified atom stereocenters. The third kappa shape index (κ3) is 6.98. The lowest BCUT2D eigenvalue weighted by atomic mass is 9.77. The second kappa shape index (κ2) is 12.8. The Hall–Kier alpha value is -2.55. The van der Waals surface area contributed by atoms with Gasteiger partial charge in [0.2, 0.25) is 0 Å². The first-order valence-electron chi connectivity index (χ1n) is 13.4. The number of hydrogen-bond donors (Lipinski definition) is 0. The average molecular weight is 459 g/mol. The molecule has 0 radical (unpaired) electrons. The Bertz CT molecular complexity index is 971. The number of halogens is 1. The molecule has 180 valence electrons. The van der Waals surface area contributed by atoms with E-state index < -0.39 is 0 Å². The third-order valence-electron chi connectivity index (χ3n) is 7.53. The molecule has 0 saturated heterocycles. The van der Waals surface area contributed by atoms with Gasteiger partial charge in [0.15, 0.2) is 5.82 Å². The van der Waals surface area contributed by atoms with Gasteiger partial charge < -0.3 is 0 Å². The molecule has 34 heavy (non-hydrogen) atoms. The quantitative estimate of drug-likeness (QED) is 0.267. The van der Waals surface area contributed by atoms with E-state index in [9.17, 15) is 4.39 Å². The fourth-order valence-electron chi connectivity index (χ4n) is 5.35. The van der Waals surface area contributed by atoms with Crippen LogP contribution in [0.1, 0.15) is 95.5 Å². The topological polar surface area (TPSA) is 25.8 Å². The minimum absolute atomic E-state index is 0.248. The number of nitrogens with zero attached hydrogens (tertiary/aromatic N) is 2. The second-order valence-corrected chi connectivity index (χ2v) is 10.1. The molecule has 2 aromatic carbocycles. The lowest BCUT2D eigenvalue weighted by Gasteiger charge is -2.29. The van der Waals surface area contributed by atoms with Gasteiger partial charge in [0.05, 0.1) is 0 Å². The van der Waals surface area contributed by atoms with Crippen LogP contribution in [0.3, 0.4) is 0 Å². The van der Waals surface area contributed by atoms with Crippen LogP contribution in [-0.4, -0.2) is 9.97 Å². The summed E-state index contributed by atoms with van der Waals surface area (Å²) >= 11 is 0. The van der Waals surface area contributed by atoms with E-state index in [0.29, 0.717) is 11.7 Å². The van der Waals surface area contributed by atoms with Crippen molar-refractivity contribution >= 4 is 0 Å². The van der Waals surface area contributed by atoms with Crippen molar-refractivity contribution in [1.82, 2.24) is 9.97 Å². The normalized spacial score (nSPS) is 18.2. The van der Waals surface area contributed by atoms with E-state index in [2.05, 4.69) is 41.2 Å². The van der Waals surface area contributed by atoms with Crippen LogP contribution >= 0.6 is 0 Å². The van der Waals surface area contributed by atoms with E-state index in [0.717, 1.165) is 22.6 Å². The highest BCUT2D eigenvalue weighted by Gasteiger charge is 2.22. The minimum Gasteiger partial charge on any atom is -0.236 e. The molecule has 0 aliphatic heterocycles.